The molecule has 0 aromatic heterocycles. The van der Waals surface area contributed by atoms with Gasteiger partial charge in [0.05, 0.1) is 12.7 Å². The van der Waals surface area contributed by atoms with E-state index in [1.165, 1.54) is 20.8 Å². The summed E-state index contributed by atoms with van der Waals surface area (Å²) in [5, 5.41) is 28.7. The number of guanidine groups is 1. The van der Waals surface area contributed by atoms with Crippen LogP contribution in [0.2, 0.25) is 0 Å². The number of nitrogens with zero attached hydrogens (tertiary/aromatic N) is 1. The van der Waals surface area contributed by atoms with Crippen molar-refractivity contribution in [1.82, 2.24) is 10.2 Å². The Morgan fingerprint density at radius 2 is 1.07 bits per heavy atom. The highest BCUT2D eigenvalue weighted by atomic mass is 31.2. The zero-order valence-corrected chi connectivity index (χ0v) is 24.7. The summed E-state index contributed by atoms with van der Waals surface area (Å²) < 4.78 is 63.5. The van der Waals surface area contributed by atoms with Gasteiger partial charge in [0.1, 0.15) is 23.2 Å². The van der Waals surface area contributed by atoms with Crippen LogP contribution in [0, 0.1) is 5.41 Å². The van der Waals surface area contributed by atoms with Crippen molar-refractivity contribution < 1.29 is 50.9 Å². The summed E-state index contributed by atoms with van der Waals surface area (Å²) in [7, 11) is -0.235. The van der Waals surface area contributed by atoms with E-state index in [2.05, 4.69) is 96.3 Å². The predicted molar refractivity (Wildman–Crippen MR) is 160 cm³/mol. The van der Waals surface area contributed by atoms with Crippen molar-refractivity contribution in [2.45, 2.75) is 18.8 Å². The zero-order chi connectivity index (χ0) is 34.3. The number of nitrogens with one attached hydrogen (secondary N) is 2. The maximum Gasteiger partial charge on any atom is 0.490 e. The number of carboxylic acids is 2. The van der Waals surface area contributed by atoms with Gasteiger partial charge in [-0.15, -0.1) is 0 Å². The number of hydrogen-bond donors (Lipinski definition) is 5. The summed E-state index contributed by atoms with van der Waals surface area (Å²) >= 11 is 0. The molecular formula is C29H32F6N4O5P+. The van der Waals surface area contributed by atoms with Gasteiger partial charge in [-0.25, -0.2) is 9.59 Å². The highest BCUT2D eigenvalue weighted by molar-refractivity contribution is 7.95. The number of carbonyl (C=O) groups excluding carboxylic acids is 1. The molecule has 0 aliphatic heterocycles. The number of carboxylic acid groups (broad SMARTS) is 2. The van der Waals surface area contributed by atoms with Crippen LogP contribution in [0.25, 0.3) is 0 Å². The Balaban J connectivity index is 0.000000601. The lowest BCUT2D eigenvalue weighted by atomic mass is 10.3. The predicted octanol–water partition coefficient (Wildman–Crippen LogP) is 3.58. The number of halogens is 6. The summed E-state index contributed by atoms with van der Waals surface area (Å²) in [4.78, 5) is 31.4. The second kappa shape index (κ2) is 17.6. The zero-order valence-electron chi connectivity index (χ0n) is 23.8. The lowest BCUT2D eigenvalue weighted by Crippen LogP contribution is -2.41. The van der Waals surface area contributed by atoms with Crippen LogP contribution in [0.15, 0.2) is 91.0 Å². The molecule has 0 aliphatic carbocycles. The number of likely N-dealkylation sites (N-methyl/N-ethyl adjacent to an activating group) is 1. The molecule has 0 spiro atoms. The van der Waals surface area contributed by atoms with Gasteiger partial charge in [-0.2, -0.15) is 26.3 Å². The van der Waals surface area contributed by atoms with Crippen LogP contribution in [-0.2, 0) is 14.4 Å². The average molecular weight is 662 g/mol. The molecule has 45 heavy (non-hydrogen) atoms. The summed E-state index contributed by atoms with van der Waals surface area (Å²) in [6, 6.07) is 32.2. The molecule has 0 saturated carbocycles. The van der Waals surface area contributed by atoms with Crippen molar-refractivity contribution in [2.75, 3.05) is 26.3 Å². The first-order valence-corrected chi connectivity index (χ1v) is 14.9. The molecule has 0 radical (unpaired) electrons. The molecule has 3 aromatic rings. The fraction of sp³-hybridized carbons (Fsp3) is 0.241. The van der Waals surface area contributed by atoms with Crippen molar-refractivity contribution in [2.24, 2.45) is 5.73 Å². The van der Waals surface area contributed by atoms with Crippen LogP contribution < -0.4 is 27.0 Å². The Morgan fingerprint density at radius 3 is 1.33 bits per heavy atom. The van der Waals surface area contributed by atoms with Crippen LogP contribution in [0.3, 0.4) is 0 Å². The summed E-state index contributed by atoms with van der Waals surface area (Å²) in [6.45, 7) is 0.671. The first-order valence-electron chi connectivity index (χ1n) is 12.9. The largest absolute Gasteiger partial charge is 0.490 e. The van der Waals surface area contributed by atoms with E-state index in [1.54, 1.807) is 7.05 Å². The van der Waals surface area contributed by atoms with Crippen molar-refractivity contribution >= 4 is 47.0 Å². The standard InChI is InChI=1S/C25H29N4OP.2C2HF3O2/c1-29(25(26)27)20-24(30)28-18-11-19-31(21-12-5-2-6-13-21,22-14-7-3-8-15-22)23-16-9-4-10-17-23;2*3-2(4,5)1(6)7/h2-10,12-17H,11,18-20H2,1H3,(H3-,26,27,28,30);2*(H,6,7)/p+1. The lowest BCUT2D eigenvalue weighted by Gasteiger charge is -2.27. The minimum absolute atomic E-state index is 0.0890. The highest BCUT2D eigenvalue weighted by Gasteiger charge is 2.44. The topological polar surface area (TPSA) is 157 Å². The second-order valence-corrected chi connectivity index (χ2v) is 12.7. The van der Waals surface area contributed by atoms with E-state index in [0.29, 0.717) is 6.54 Å². The molecule has 0 unspecified atom stereocenters. The van der Waals surface area contributed by atoms with Gasteiger partial charge in [-0.3, -0.25) is 10.2 Å². The molecule has 9 nitrogen and oxygen atoms in total. The molecular weight excluding hydrogens is 629 g/mol. The fourth-order valence-corrected chi connectivity index (χ4v) is 8.13. The Morgan fingerprint density at radius 1 is 0.756 bits per heavy atom. The molecule has 0 bridgehead atoms. The third kappa shape index (κ3) is 12.9. The number of rotatable bonds is 9. The first-order chi connectivity index (χ1) is 20.9. The van der Waals surface area contributed by atoms with Crippen molar-refractivity contribution in [3.63, 3.8) is 0 Å². The van der Waals surface area contributed by atoms with E-state index < -0.39 is 31.6 Å². The van der Waals surface area contributed by atoms with Gasteiger partial charge in [0, 0.05) is 13.6 Å². The number of alkyl halides is 6. The minimum Gasteiger partial charge on any atom is -0.475 e. The Bertz CT molecular complexity index is 1260. The van der Waals surface area contributed by atoms with Crippen LogP contribution in [0.4, 0.5) is 26.3 Å². The van der Waals surface area contributed by atoms with Crippen molar-refractivity contribution in [3.8, 4) is 0 Å². The van der Waals surface area contributed by atoms with Crippen LogP contribution in [0.5, 0.6) is 0 Å². The summed E-state index contributed by atoms with van der Waals surface area (Å²) in [5.74, 6) is -5.75. The Kier molecular flexibility index (Phi) is 15.0. The van der Waals surface area contributed by atoms with Gasteiger partial charge >= 0.3 is 24.3 Å². The lowest BCUT2D eigenvalue weighted by molar-refractivity contribution is -0.193. The SMILES string of the molecule is CN(CC(=O)NCCC[P+](c1ccccc1)(c1ccccc1)c1ccccc1)C(=N)N.O=C(O)C(F)(F)F.O=C(O)C(F)(F)F. The molecule has 0 fully saturated rings. The number of carbonyl (C=O) groups is 3. The number of hydrogen-bond acceptors (Lipinski definition) is 4. The molecule has 16 heteroatoms. The van der Waals surface area contributed by atoms with E-state index >= 15 is 0 Å². The Hall–Kier alpha value is -4.65. The van der Waals surface area contributed by atoms with Gasteiger partial charge in [0.2, 0.25) is 5.91 Å². The molecule has 0 aliphatic rings. The highest BCUT2D eigenvalue weighted by Crippen LogP contribution is 2.55. The number of nitrogens with two attached hydrogens (primary N) is 1. The number of benzene rings is 3. The molecule has 0 saturated heterocycles. The number of amides is 1. The normalized spacial score (nSPS) is 11.1. The van der Waals surface area contributed by atoms with E-state index in [-0.39, 0.29) is 18.4 Å². The smallest absolute Gasteiger partial charge is 0.475 e. The van der Waals surface area contributed by atoms with Crippen molar-refractivity contribution in [3.05, 3.63) is 91.0 Å². The third-order valence-electron chi connectivity index (χ3n) is 5.86. The summed E-state index contributed by atoms with van der Waals surface area (Å²) in [5.41, 5.74) is 5.42. The van der Waals surface area contributed by atoms with E-state index in [1.807, 2.05) is 0 Å². The second-order valence-electron chi connectivity index (χ2n) is 9.09. The van der Waals surface area contributed by atoms with Gasteiger partial charge in [0.15, 0.2) is 5.96 Å². The van der Waals surface area contributed by atoms with E-state index in [0.717, 1.165) is 12.6 Å². The monoisotopic (exact) mass is 661 g/mol. The molecule has 3 aromatic carbocycles. The van der Waals surface area contributed by atoms with Gasteiger partial charge in [-0.05, 0) is 42.8 Å². The van der Waals surface area contributed by atoms with Crippen LogP contribution in [-0.4, -0.2) is 77.6 Å². The van der Waals surface area contributed by atoms with Crippen LogP contribution in [0.1, 0.15) is 6.42 Å². The molecule has 0 atom stereocenters. The molecule has 0 heterocycles. The first kappa shape index (κ1) is 38.4. The fourth-order valence-electron chi connectivity index (χ4n) is 3.78. The van der Waals surface area contributed by atoms with E-state index in [4.69, 9.17) is 30.9 Å². The molecule has 3 rings (SSSR count). The van der Waals surface area contributed by atoms with Crippen LogP contribution >= 0.6 is 7.26 Å². The molecule has 6 N–H and O–H groups in total. The Labute approximate surface area is 255 Å². The van der Waals surface area contributed by atoms with Gasteiger partial charge in [0.25, 0.3) is 0 Å². The quantitative estimate of drug-likeness (QED) is 0.0772. The maximum absolute atomic E-state index is 12.2. The summed E-state index contributed by atoms with van der Waals surface area (Å²) in [6.07, 6.45) is -8.37. The average Bonchev–Trinajstić information content (AvgIpc) is 2.98. The van der Waals surface area contributed by atoms with E-state index in [9.17, 15) is 31.1 Å². The molecule has 244 valence electrons. The number of aliphatic carboxylic acids is 2. The maximum atomic E-state index is 12.2. The van der Waals surface area contributed by atoms with Gasteiger partial charge < -0.3 is 26.2 Å². The third-order valence-corrected chi connectivity index (χ3v) is 10.4. The molecule has 1 amide bonds. The minimum atomic E-state index is -5.08. The van der Waals surface area contributed by atoms with Gasteiger partial charge in [-0.1, -0.05) is 54.6 Å². The van der Waals surface area contributed by atoms with Crippen molar-refractivity contribution in [1.29, 1.82) is 5.41 Å².